The van der Waals surface area contributed by atoms with Gasteiger partial charge in [0.15, 0.2) is 0 Å². The van der Waals surface area contributed by atoms with Crippen molar-refractivity contribution < 1.29 is 24.2 Å². The number of nitrogens with one attached hydrogen (secondary N) is 1. The number of carbonyl (C=O) groups is 3. The number of hydrogen-bond acceptors (Lipinski definition) is 5. The first-order valence-electron chi connectivity index (χ1n) is 20.9. The van der Waals surface area contributed by atoms with Crippen molar-refractivity contribution in [3.63, 3.8) is 0 Å². The molecular formula is C41H80N2O5. The summed E-state index contributed by atoms with van der Waals surface area (Å²) in [6, 6.07) is -0.851. The summed E-state index contributed by atoms with van der Waals surface area (Å²) in [4.78, 5) is 36.3. The fourth-order valence-corrected chi connectivity index (χ4v) is 6.51. The number of carboxylic acids is 1. The van der Waals surface area contributed by atoms with Gasteiger partial charge in [0, 0.05) is 12.8 Å². The number of amides is 1. The van der Waals surface area contributed by atoms with Gasteiger partial charge in [-0.3, -0.25) is 9.59 Å². The Morgan fingerprint density at radius 2 is 0.896 bits per heavy atom. The van der Waals surface area contributed by atoms with Gasteiger partial charge in [-0.2, -0.15) is 0 Å². The zero-order chi connectivity index (χ0) is 35.3. The maximum atomic E-state index is 12.7. The molecule has 0 aromatic carbocycles. The highest BCUT2D eigenvalue weighted by atomic mass is 16.5. The normalized spacial score (nSPS) is 12.6. The van der Waals surface area contributed by atoms with Crippen LogP contribution in [0.4, 0.5) is 0 Å². The minimum atomic E-state index is -1.00. The van der Waals surface area contributed by atoms with Crippen LogP contribution in [0.25, 0.3) is 0 Å². The average molecular weight is 681 g/mol. The molecule has 0 saturated carbocycles. The summed E-state index contributed by atoms with van der Waals surface area (Å²) < 4.78 is 6.03. The number of nitrogens with two attached hydrogens (primary N) is 1. The number of aliphatic carboxylic acids is 1. The summed E-state index contributed by atoms with van der Waals surface area (Å²) in [5.74, 6) is -1.22. The first-order chi connectivity index (χ1) is 23.4. The fourth-order valence-electron chi connectivity index (χ4n) is 6.51. The molecule has 7 heteroatoms. The molecule has 0 rings (SSSR count). The first kappa shape index (κ1) is 46.4. The Morgan fingerprint density at radius 3 is 1.29 bits per heavy atom. The second kappa shape index (κ2) is 36.6. The fraction of sp³-hybridized carbons (Fsp3) is 0.927. The number of hydrogen-bond donors (Lipinski definition) is 3. The highest BCUT2D eigenvalue weighted by molar-refractivity contribution is 5.83. The Morgan fingerprint density at radius 1 is 0.521 bits per heavy atom. The van der Waals surface area contributed by atoms with Crippen molar-refractivity contribution in [3.05, 3.63) is 0 Å². The molecule has 2 atom stereocenters. The first-order valence-corrected chi connectivity index (χ1v) is 20.9. The second-order valence-corrected chi connectivity index (χ2v) is 14.4. The van der Waals surface area contributed by atoms with Gasteiger partial charge in [-0.1, -0.05) is 162 Å². The lowest BCUT2D eigenvalue weighted by atomic mass is 10.0. The molecule has 0 aromatic rings. The van der Waals surface area contributed by atoms with E-state index in [4.69, 9.17) is 10.5 Å². The molecule has 4 N–H and O–H groups in total. The van der Waals surface area contributed by atoms with Gasteiger partial charge in [0.25, 0.3) is 0 Å². The minimum Gasteiger partial charge on any atom is -0.480 e. The Balaban J connectivity index is 4.28. The highest BCUT2D eigenvalue weighted by Gasteiger charge is 2.19. The predicted octanol–water partition coefficient (Wildman–Crippen LogP) is 11.3. The number of carbonyl (C=O) groups excluding carboxylic acids is 2. The van der Waals surface area contributed by atoms with Crippen LogP contribution in [-0.2, 0) is 19.1 Å². The van der Waals surface area contributed by atoms with E-state index in [1.807, 2.05) is 0 Å². The van der Waals surface area contributed by atoms with E-state index in [-0.39, 0.29) is 18.0 Å². The molecule has 2 unspecified atom stereocenters. The molecule has 284 valence electrons. The smallest absolute Gasteiger partial charge is 0.326 e. The molecule has 48 heavy (non-hydrogen) atoms. The van der Waals surface area contributed by atoms with Gasteiger partial charge in [-0.05, 0) is 57.9 Å². The molecule has 0 fully saturated rings. The summed E-state index contributed by atoms with van der Waals surface area (Å²) in [6.45, 7) is 4.95. The quantitative estimate of drug-likeness (QED) is 0.0441. The van der Waals surface area contributed by atoms with Gasteiger partial charge in [0.1, 0.15) is 12.1 Å². The Labute approximate surface area is 297 Å². The molecule has 7 nitrogen and oxygen atoms in total. The van der Waals surface area contributed by atoms with Crippen molar-refractivity contribution in [2.45, 2.75) is 238 Å². The molecule has 0 heterocycles. The van der Waals surface area contributed by atoms with Gasteiger partial charge in [0.05, 0.1) is 0 Å². The number of ether oxygens (including phenoxy) is 1. The molecule has 0 bridgehead atoms. The van der Waals surface area contributed by atoms with E-state index in [0.29, 0.717) is 32.2 Å². The summed E-state index contributed by atoms with van der Waals surface area (Å²) in [5, 5.41) is 11.9. The topological polar surface area (TPSA) is 119 Å². The molecule has 0 radical (unpaired) electrons. The lowest BCUT2D eigenvalue weighted by Crippen LogP contribution is -2.40. The maximum absolute atomic E-state index is 12.7. The van der Waals surface area contributed by atoms with Gasteiger partial charge in [0.2, 0.25) is 5.91 Å². The average Bonchev–Trinajstić information content (AvgIpc) is 3.07. The van der Waals surface area contributed by atoms with Crippen LogP contribution < -0.4 is 11.1 Å². The van der Waals surface area contributed by atoms with Crippen LogP contribution in [-0.4, -0.2) is 41.6 Å². The Bertz CT molecular complexity index is 732. The van der Waals surface area contributed by atoms with E-state index in [2.05, 4.69) is 19.2 Å². The van der Waals surface area contributed by atoms with Crippen LogP contribution in [0.5, 0.6) is 0 Å². The number of rotatable bonds is 38. The minimum absolute atomic E-state index is 0.0175. The van der Waals surface area contributed by atoms with Crippen LogP contribution in [0, 0.1) is 0 Å². The van der Waals surface area contributed by atoms with E-state index >= 15 is 0 Å². The van der Waals surface area contributed by atoms with Gasteiger partial charge < -0.3 is 20.9 Å². The van der Waals surface area contributed by atoms with Gasteiger partial charge >= 0.3 is 11.9 Å². The molecule has 0 aliphatic carbocycles. The monoisotopic (exact) mass is 681 g/mol. The second-order valence-electron chi connectivity index (χ2n) is 14.4. The SMILES string of the molecule is CCCCCCCCCCCCCC(=O)OC(CCCCCCCCCCCCC)CCCCCCCC(=O)NC(CCCN)C(=O)O. The summed E-state index contributed by atoms with van der Waals surface area (Å²) in [6.07, 6.45) is 37.1. The Hall–Kier alpha value is -1.63. The van der Waals surface area contributed by atoms with Crippen molar-refractivity contribution in [3.8, 4) is 0 Å². The third-order valence-electron chi connectivity index (χ3n) is 9.67. The van der Waals surface area contributed by atoms with E-state index in [0.717, 1.165) is 64.2 Å². The predicted molar refractivity (Wildman–Crippen MR) is 202 cm³/mol. The Kier molecular flexibility index (Phi) is 35.4. The van der Waals surface area contributed by atoms with E-state index in [1.54, 1.807) is 0 Å². The van der Waals surface area contributed by atoms with E-state index < -0.39 is 12.0 Å². The zero-order valence-electron chi connectivity index (χ0n) is 31.9. The van der Waals surface area contributed by atoms with Crippen molar-refractivity contribution >= 4 is 17.8 Å². The van der Waals surface area contributed by atoms with Gasteiger partial charge in [-0.15, -0.1) is 0 Å². The third-order valence-corrected chi connectivity index (χ3v) is 9.67. The highest BCUT2D eigenvalue weighted by Crippen LogP contribution is 2.19. The van der Waals surface area contributed by atoms with E-state index in [1.165, 1.54) is 122 Å². The third kappa shape index (κ3) is 32.9. The summed E-state index contributed by atoms with van der Waals surface area (Å²) in [7, 11) is 0. The standard InChI is InChI=1S/C41H80N2O5/c1-3-5-7-9-11-13-15-17-19-22-26-31-37(48-40(45)35-29-25-20-18-16-14-12-10-8-6-4-2)32-27-23-21-24-28-34-39(44)43-38(41(46)47)33-30-36-42/h37-38H,3-36,42H2,1-2H3,(H,43,44)(H,46,47). The number of esters is 1. The number of unbranched alkanes of at least 4 members (excludes halogenated alkanes) is 24. The lowest BCUT2D eigenvalue weighted by molar-refractivity contribution is -0.150. The molecule has 0 aliphatic heterocycles. The largest absolute Gasteiger partial charge is 0.480 e. The van der Waals surface area contributed by atoms with Crippen LogP contribution in [0.1, 0.15) is 226 Å². The number of carboxylic acid groups (broad SMARTS) is 1. The molecule has 0 aromatic heterocycles. The van der Waals surface area contributed by atoms with Crippen LogP contribution in [0.2, 0.25) is 0 Å². The van der Waals surface area contributed by atoms with Gasteiger partial charge in [-0.25, -0.2) is 4.79 Å². The van der Waals surface area contributed by atoms with Crippen LogP contribution in [0.3, 0.4) is 0 Å². The summed E-state index contributed by atoms with van der Waals surface area (Å²) in [5.41, 5.74) is 5.48. The van der Waals surface area contributed by atoms with Crippen LogP contribution >= 0.6 is 0 Å². The van der Waals surface area contributed by atoms with Crippen molar-refractivity contribution in [1.82, 2.24) is 5.32 Å². The molecule has 0 spiro atoms. The van der Waals surface area contributed by atoms with E-state index in [9.17, 15) is 19.5 Å². The molecule has 0 saturated heterocycles. The lowest BCUT2D eigenvalue weighted by Gasteiger charge is -2.18. The molecule has 0 aliphatic rings. The van der Waals surface area contributed by atoms with Crippen LogP contribution in [0.15, 0.2) is 0 Å². The van der Waals surface area contributed by atoms with Crippen molar-refractivity contribution in [2.24, 2.45) is 5.73 Å². The molecular weight excluding hydrogens is 600 g/mol. The van der Waals surface area contributed by atoms with Crippen molar-refractivity contribution in [2.75, 3.05) is 6.54 Å². The maximum Gasteiger partial charge on any atom is 0.326 e. The summed E-state index contributed by atoms with van der Waals surface area (Å²) >= 11 is 0. The molecule has 1 amide bonds. The van der Waals surface area contributed by atoms with Crippen molar-refractivity contribution in [1.29, 1.82) is 0 Å². The zero-order valence-corrected chi connectivity index (χ0v) is 31.9.